The lowest BCUT2D eigenvalue weighted by molar-refractivity contribution is -0.137. The zero-order valence-corrected chi connectivity index (χ0v) is 18.1. The zero-order chi connectivity index (χ0) is 20.5. The highest BCUT2D eigenvalue weighted by Crippen LogP contribution is 2.31. The van der Waals surface area contributed by atoms with Crippen molar-refractivity contribution in [2.75, 3.05) is 20.1 Å². The molecular weight excluding hydrogens is 374 g/mol. The van der Waals surface area contributed by atoms with E-state index < -0.39 is 5.60 Å². The van der Waals surface area contributed by atoms with Crippen molar-refractivity contribution in [3.05, 3.63) is 29.3 Å². The van der Waals surface area contributed by atoms with Crippen molar-refractivity contribution in [1.82, 2.24) is 14.8 Å². The zero-order valence-electron chi connectivity index (χ0n) is 17.3. The van der Waals surface area contributed by atoms with Crippen LogP contribution in [0.5, 0.6) is 0 Å². The largest absolute Gasteiger partial charge is 0.444 e. The summed E-state index contributed by atoms with van der Waals surface area (Å²) in [4.78, 5) is 33.4. The lowest BCUT2D eigenvalue weighted by Gasteiger charge is -2.35. The number of para-hydroxylation sites is 1. The van der Waals surface area contributed by atoms with Crippen LogP contribution in [0.1, 0.15) is 51.6 Å². The Bertz CT molecular complexity index is 817. The summed E-state index contributed by atoms with van der Waals surface area (Å²) in [7, 11) is 1.85. The van der Waals surface area contributed by atoms with Crippen molar-refractivity contribution in [3.8, 4) is 0 Å². The Morgan fingerprint density at radius 1 is 1.25 bits per heavy atom. The van der Waals surface area contributed by atoms with Crippen LogP contribution in [0, 0.1) is 5.92 Å². The van der Waals surface area contributed by atoms with Gasteiger partial charge >= 0.3 is 6.09 Å². The molecule has 1 aliphatic heterocycles. The Morgan fingerprint density at radius 2 is 1.89 bits per heavy atom. The van der Waals surface area contributed by atoms with E-state index in [-0.39, 0.29) is 24.0 Å². The van der Waals surface area contributed by atoms with Crippen LogP contribution in [0.4, 0.5) is 4.79 Å². The molecule has 1 aliphatic rings. The molecule has 2 amide bonds. The van der Waals surface area contributed by atoms with E-state index in [1.54, 1.807) is 21.1 Å². The Labute approximate surface area is 170 Å². The highest BCUT2D eigenvalue weighted by atomic mass is 32.1. The van der Waals surface area contributed by atoms with Crippen molar-refractivity contribution in [2.24, 2.45) is 5.92 Å². The predicted molar refractivity (Wildman–Crippen MR) is 111 cm³/mol. The van der Waals surface area contributed by atoms with Crippen molar-refractivity contribution in [3.63, 3.8) is 0 Å². The summed E-state index contributed by atoms with van der Waals surface area (Å²) in [6, 6.07) is 7.95. The summed E-state index contributed by atoms with van der Waals surface area (Å²) in [5, 5.41) is 0.947. The van der Waals surface area contributed by atoms with Gasteiger partial charge in [0.25, 0.3) is 0 Å². The molecule has 1 fully saturated rings. The molecule has 0 unspecified atom stereocenters. The van der Waals surface area contributed by atoms with Gasteiger partial charge in [0.2, 0.25) is 5.91 Å². The minimum atomic E-state index is -0.503. The SMILES string of the molecule is C[C@H](c1nc2ccccc2s1)N(C)C(=O)C1CCN(C(=O)OC(C)(C)C)CC1. The van der Waals surface area contributed by atoms with Crippen LogP contribution in [0.2, 0.25) is 0 Å². The van der Waals surface area contributed by atoms with E-state index in [4.69, 9.17) is 4.74 Å². The van der Waals surface area contributed by atoms with E-state index in [1.807, 2.05) is 52.9 Å². The topological polar surface area (TPSA) is 62.7 Å². The molecule has 1 saturated heterocycles. The van der Waals surface area contributed by atoms with Crippen LogP contribution >= 0.6 is 11.3 Å². The van der Waals surface area contributed by atoms with Gasteiger partial charge in [-0.3, -0.25) is 4.79 Å². The first-order valence-corrected chi connectivity index (χ1v) is 10.6. The molecule has 7 heteroatoms. The number of likely N-dealkylation sites (tertiary alicyclic amines) is 1. The summed E-state index contributed by atoms with van der Waals surface area (Å²) in [5.74, 6) is 0.0520. The standard InChI is InChI=1S/C21H29N3O3S/c1-14(18-22-16-8-6-7-9-17(16)28-18)23(5)19(25)15-10-12-24(13-11-15)20(26)27-21(2,3)4/h6-9,14-15H,10-13H2,1-5H3/t14-/m1/s1. The van der Waals surface area contributed by atoms with E-state index in [2.05, 4.69) is 11.1 Å². The summed E-state index contributed by atoms with van der Waals surface area (Å²) in [5.41, 5.74) is 0.470. The molecule has 6 nitrogen and oxygen atoms in total. The molecule has 0 N–H and O–H groups in total. The minimum Gasteiger partial charge on any atom is -0.444 e. The number of nitrogens with zero attached hydrogens (tertiary/aromatic N) is 3. The van der Waals surface area contributed by atoms with Gasteiger partial charge in [-0.2, -0.15) is 0 Å². The quantitative estimate of drug-likeness (QED) is 0.759. The van der Waals surface area contributed by atoms with Gasteiger partial charge in [0.05, 0.1) is 16.3 Å². The number of hydrogen-bond acceptors (Lipinski definition) is 5. The molecule has 28 heavy (non-hydrogen) atoms. The molecule has 0 spiro atoms. The number of ether oxygens (including phenoxy) is 1. The normalized spacial score (nSPS) is 16.8. The number of thiazole rings is 1. The summed E-state index contributed by atoms with van der Waals surface area (Å²) in [6.07, 6.45) is 1.03. The molecular formula is C21H29N3O3S. The van der Waals surface area contributed by atoms with E-state index in [1.165, 1.54) is 0 Å². The smallest absolute Gasteiger partial charge is 0.410 e. The van der Waals surface area contributed by atoms with E-state index in [9.17, 15) is 9.59 Å². The Balaban J connectivity index is 1.59. The number of rotatable bonds is 3. The maximum Gasteiger partial charge on any atom is 0.410 e. The Kier molecular flexibility index (Phi) is 5.93. The first-order chi connectivity index (χ1) is 13.2. The fraction of sp³-hybridized carbons (Fsp3) is 0.571. The van der Waals surface area contributed by atoms with Crippen LogP contribution in [0.3, 0.4) is 0 Å². The molecule has 0 radical (unpaired) electrons. The molecule has 2 heterocycles. The van der Waals surface area contributed by atoms with Crippen LogP contribution in [-0.4, -0.2) is 52.5 Å². The number of hydrogen-bond donors (Lipinski definition) is 0. The second-order valence-corrected chi connectivity index (χ2v) is 9.45. The van der Waals surface area contributed by atoms with Gasteiger partial charge in [-0.1, -0.05) is 12.1 Å². The van der Waals surface area contributed by atoms with Gasteiger partial charge in [0, 0.05) is 26.1 Å². The molecule has 2 aromatic rings. The molecule has 0 aliphatic carbocycles. The average Bonchev–Trinajstić information content (AvgIpc) is 3.09. The van der Waals surface area contributed by atoms with Gasteiger partial charge in [0.1, 0.15) is 10.6 Å². The second-order valence-electron chi connectivity index (χ2n) is 8.39. The highest BCUT2D eigenvalue weighted by Gasteiger charge is 2.33. The number of benzene rings is 1. The number of fused-ring (bicyclic) bond motifs is 1. The first-order valence-electron chi connectivity index (χ1n) is 9.76. The molecule has 1 aromatic heterocycles. The summed E-state index contributed by atoms with van der Waals surface area (Å²) in [6.45, 7) is 8.70. The Morgan fingerprint density at radius 3 is 2.50 bits per heavy atom. The maximum atomic E-state index is 13.0. The summed E-state index contributed by atoms with van der Waals surface area (Å²) < 4.78 is 6.57. The average molecular weight is 404 g/mol. The van der Waals surface area contributed by atoms with Crippen molar-refractivity contribution in [2.45, 2.75) is 52.2 Å². The molecule has 0 bridgehead atoms. The third-order valence-corrected chi connectivity index (χ3v) is 6.30. The van der Waals surface area contributed by atoms with Crippen molar-refractivity contribution in [1.29, 1.82) is 0 Å². The summed E-state index contributed by atoms with van der Waals surface area (Å²) >= 11 is 1.63. The van der Waals surface area contributed by atoms with Crippen LogP contribution in [-0.2, 0) is 9.53 Å². The van der Waals surface area contributed by atoms with Gasteiger partial charge in [0.15, 0.2) is 0 Å². The third-order valence-electron chi connectivity index (χ3n) is 5.09. The van der Waals surface area contributed by atoms with Crippen LogP contribution in [0.25, 0.3) is 10.2 Å². The van der Waals surface area contributed by atoms with Gasteiger partial charge in [-0.05, 0) is 52.7 Å². The first kappa shape index (κ1) is 20.6. The van der Waals surface area contributed by atoms with Gasteiger partial charge in [-0.15, -0.1) is 11.3 Å². The Hall–Kier alpha value is -2.15. The minimum absolute atomic E-state index is 0.0690. The van der Waals surface area contributed by atoms with Crippen LogP contribution in [0.15, 0.2) is 24.3 Å². The number of amides is 2. The van der Waals surface area contributed by atoms with E-state index >= 15 is 0 Å². The molecule has 152 valence electrons. The molecule has 3 rings (SSSR count). The van der Waals surface area contributed by atoms with Gasteiger partial charge < -0.3 is 14.5 Å². The van der Waals surface area contributed by atoms with Gasteiger partial charge in [-0.25, -0.2) is 9.78 Å². The fourth-order valence-electron chi connectivity index (χ4n) is 3.35. The lowest BCUT2D eigenvalue weighted by Crippen LogP contribution is -2.45. The molecule has 1 atom stereocenters. The molecule has 0 saturated carbocycles. The monoisotopic (exact) mass is 403 g/mol. The maximum absolute atomic E-state index is 13.0. The number of carbonyl (C=O) groups excluding carboxylic acids is 2. The van der Waals surface area contributed by atoms with E-state index in [0.29, 0.717) is 25.9 Å². The number of carbonyl (C=O) groups is 2. The predicted octanol–water partition coefficient (Wildman–Crippen LogP) is 4.46. The van der Waals surface area contributed by atoms with Crippen molar-refractivity contribution < 1.29 is 14.3 Å². The number of piperidine rings is 1. The highest BCUT2D eigenvalue weighted by molar-refractivity contribution is 7.18. The fourth-order valence-corrected chi connectivity index (χ4v) is 4.41. The van der Waals surface area contributed by atoms with Crippen LogP contribution < -0.4 is 0 Å². The van der Waals surface area contributed by atoms with E-state index in [0.717, 1.165) is 15.2 Å². The third kappa shape index (κ3) is 4.63. The lowest BCUT2D eigenvalue weighted by atomic mass is 9.95. The molecule has 1 aromatic carbocycles. The second kappa shape index (κ2) is 8.07. The number of aromatic nitrogens is 1. The van der Waals surface area contributed by atoms with Crippen molar-refractivity contribution >= 4 is 33.6 Å².